The lowest BCUT2D eigenvalue weighted by atomic mass is 10.0. The number of allylic oxidation sites excluding steroid dienone is 2. The van der Waals surface area contributed by atoms with E-state index in [-0.39, 0.29) is 17.9 Å². The Kier molecular flexibility index (Phi) is 8.41. The minimum atomic E-state index is -0.605. The van der Waals surface area contributed by atoms with Gasteiger partial charge in [-0.25, -0.2) is 14.4 Å². The Bertz CT molecular complexity index is 919. The summed E-state index contributed by atoms with van der Waals surface area (Å²) in [4.78, 5) is 12.5. The predicted octanol–water partition coefficient (Wildman–Crippen LogP) is 5.14. The molecule has 0 saturated heterocycles. The summed E-state index contributed by atoms with van der Waals surface area (Å²) < 4.78 is 25.3. The first-order valence-electron chi connectivity index (χ1n) is 9.76. The predicted molar refractivity (Wildman–Crippen MR) is 120 cm³/mol. The molecular weight excluding hydrogens is 403 g/mol. The number of methoxy groups -OCH3 is 1. The van der Waals surface area contributed by atoms with Gasteiger partial charge in [0.2, 0.25) is 0 Å². The fourth-order valence-corrected chi connectivity index (χ4v) is 3.40. The van der Waals surface area contributed by atoms with Crippen LogP contribution >= 0.6 is 11.8 Å². The summed E-state index contributed by atoms with van der Waals surface area (Å²) in [6, 6.07) is 9.70. The molecule has 0 amide bonds. The zero-order chi connectivity index (χ0) is 21.2. The molecule has 0 spiro atoms. The molecule has 1 heterocycles. The Morgan fingerprint density at radius 1 is 1.33 bits per heavy atom. The zero-order valence-corrected chi connectivity index (χ0v) is 17.9. The van der Waals surface area contributed by atoms with E-state index in [1.165, 1.54) is 11.8 Å². The van der Waals surface area contributed by atoms with E-state index in [2.05, 4.69) is 27.2 Å². The van der Waals surface area contributed by atoms with Crippen LogP contribution < -0.4 is 10.1 Å². The summed E-state index contributed by atoms with van der Waals surface area (Å²) in [7, 11) is 1.67. The van der Waals surface area contributed by atoms with Crippen molar-refractivity contribution in [2.75, 3.05) is 24.8 Å². The lowest BCUT2D eigenvalue weighted by Crippen LogP contribution is -2.15. The highest BCUT2D eigenvalue weighted by Gasteiger charge is 2.13. The average molecular weight is 429 g/mol. The largest absolute Gasteiger partial charge is 0.459 e. The number of nitrogens with one attached hydrogen (secondary N) is 1. The number of aromatic nitrogens is 2. The highest BCUT2D eigenvalue weighted by atomic mass is 32.2. The van der Waals surface area contributed by atoms with E-state index in [4.69, 9.17) is 9.47 Å². The monoisotopic (exact) mass is 428 g/mol. The Hall–Kier alpha value is -2.71. The summed E-state index contributed by atoms with van der Waals surface area (Å²) in [5, 5.41) is 3.78. The maximum Gasteiger partial charge on any atom is 0.318 e. The highest BCUT2D eigenvalue weighted by Crippen LogP contribution is 2.22. The van der Waals surface area contributed by atoms with Gasteiger partial charge in [-0.2, -0.15) is 4.98 Å². The molecule has 0 aliphatic heterocycles. The molecule has 0 saturated carbocycles. The maximum absolute atomic E-state index is 14.3. The van der Waals surface area contributed by atoms with Gasteiger partial charge < -0.3 is 14.8 Å². The molecule has 1 aromatic heterocycles. The molecule has 6 nitrogen and oxygen atoms in total. The Morgan fingerprint density at radius 2 is 2.17 bits per heavy atom. The second-order valence-electron chi connectivity index (χ2n) is 6.56. The Labute approximate surface area is 180 Å². The molecule has 1 N–H and O–H groups in total. The first kappa shape index (κ1) is 22.0. The number of amidine groups is 1. The van der Waals surface area contributed by atoms with Crippen LogP contribution in [0.3, 0.4) is 0 Å². The second kappa shape index (κ2) is 11.5. The third-order valence-corrected chi connectivity index (χ3v) is 5.27. The number of ether oxygens (including phenoxy) is 2. The van der Waals surface area contributed by atoms with Crippen molar-refractivity contribution in [1.29, 1.82) is 0 Å². The van der Waals surface area contributed by atoms with Gasteiger partial charge in [-0.05, 0) is 24.1 Å². The third-order valence-electron chi connectivity index (χ3n) is 4.19. The van der Waals surface area contributed by atoms with E-state index < -0.39 is 5.82 Å². The van der Waals surface area contributed by atoms with Crippen molar-refractivity contribution in [2.45, 2.75) is 25.9 Å². The standard InChI is InChI=1S/C22H25FN4O2S/c1-3-12-30-22(25-17-9-5-4-6-10-17)27-20-19(23)14-24-21(26-20)29-15-16-8-7-11-18(13-16)28-2/h4-11,14,18H,3,12-13,15H2,1-2H3,(H,24,25,26,27). The molecule has 1 aliphatic carbocycles. The van der Waals surface area contributed by atoms with Gasteiger partial charge in [0, 0.05) is 25.0 Å². The number of benzene rings is 1. The van der Waals surface area contributed by atoms with Crippen molar-refractivity contribution in [3.8, 4) is 6.01 Å². The number of nitrogens with zero attached hydrogens (tertiary/aromatic N) is 3. The molecule has 1 aromatic carbocycles. The van der Waals surface area contributed by atoms with Crippen LogP contribution in [0.4, 0.5) is 15.9 Å². The van der Waals surface area contributed by atoms with Gasteiger partial charge in [0.15, 0.2) is 16.8 Å². The van der Waals surface area contributed by atoms with Crippen LogP contribution in [-0.2, 0) is 4.74 Å². The summed E-state index contributed by atoms with van der Waals surface area (Å²) in [5.41, 5.74) is 1.92. The molecule has 30 heavy (non-hydrogen) atoms. The molecule has 1 unspecified atom stereocenters. The van der Waals surface area contributed by atoms with Crippen LogP contribution in [0.5, 0.6) is 6.01 Å². The number of hydrogen-bond acceptors (Lipinski definition) is 6. The first-order chi connectivity index (χ1) is 14.7. The average Bonchev–Trinajstić information content (AvgIpc) is 2.78. The first-order valence-corrected chi connectivity index (χ1v) is 10.7. The van der Waals surface area contributed by atoms with Crippen LogP contribution in [0.2, 0.25) is 0 Å². The summed E-state index contributed by atoms with van der Waals surface area (Å²) >= 11 is 1.50. The van der Waals surface area contributed by atoms with E-state index in [1.807, 2.05) is 48.6 Å². The van der Waals surface area contributed by atoms with Crippen molar-refractivity contribution in [1.82, 2.24) is 9.97 Å². The molecule has 8 heteroatoms. The number of thioether (sulfide) groups is 1. The lowest BCUT2D eigenvalue weighted by molar-refractivity contribution is 0.137. The van der Waals surface area contributed by atoms with Gasteiger partial charge in [0.05, 0.1) is 12.3 Å². The fraction of sp³-hybridized carbons (Fsp3) is 0.318. The number of aliphatic imine (C=N–C) groups is 1. The van der Waals surface area contributed by atoms with Gasteiger partial charge >= 0.3 is 6.01 Å². The second-order valence-corrected chi connectivity index (χ2v) is 7.64. The van der Waals surface area contributed by atoms with Gasteiger partial charge in [0.1, 0.15) is 6.61 Å². The summed E-state index contributed by atoms with van der Waals surface area (Å²) in [5.74, 6) is 0.178. The van der Waals surface area contributed by atoms with Gasteiger partial charge in [0.25, 0.3) is 0 Å². The number of hydrogen-bond donors (Lipinski definition) is 1. The van der Waals surface area contributed by atoms with Crippen molar-refractivity contribution >= 4 is 28.4 Å². The molecule has 2 aromatic rings. The topological polar surface area (TPSA) is 68.6 Å². The molecule has 0 radical (unpaired) electrons. The van der Waals surface area contributed by atoms with Crippen molar-refractivity contribution in [2.24, 2.45) is 4.99 Å². The Balaban J connectivity index is 1.73. The molecule has 0 bridgehead atoms. The van der Waals surface area contributed by atoms with Crippen LogP contribution in [0, 0.1) is 5.82 Å². The third kappa shape index (κ3) is 6.67. The van der Waals surface area contributed by atoms with Gasteiger partial charge in [-0.1, -0.05) is 55.1 Å². The molecule has 158 valence electrons. The van der Waals surface area contributed by atoms with Crippen molar-refractivity contribution in [3.05, 3.63) is 66.1 Å². The quantitative estimate of drug-likeness (QED) is 0.464. The van der Waals surface area contributed by atoms with E-state index in [1.54, 1.807) is 7.11 Å². The minimum absolute atomic E-state index is 0.0325. The molecule has 1 atom stereocenters. The summed E-state index contributed by atoms with van der Waals surface area (Å²) in [6.45, 7) is 2.38. The van der Waals surface area contributed by atoms with Crippen LogP contribution in [-0.4, -0.2) is 40.7 Å². The fourth-order valence-electron chi connectivity index (χ4n) is 2.66. The normalized spacial score (nSPS) is 16.3. The van der Waals surface area contributed by atoms with Crippen LogP contribution in [0.25, 0.3) is 0 Å². The summed E-state index contributed by atoms with van der Waals surface area (Å²) in [6.07, 6.45) is 8.71. The van der Waals surface area contributed by atoms with Crippen LogP contribution in [0.15, 0.2) is 65.3 Å². The molecule has 1 aliphatic rings. The highest BCUT2D eigenvalue weighted by molar-refractivity contribution is 8.14. The van der Waals surface area contributed by atoms with E-state index in [9.17, 15) is 4.39 Å². The van der Waals surface area contributed by atoms with E-state index in [0.29, 0.717) is 11.8 Å². The molecule has 0 fully saturated rings. The van der Waals surface area contributed by atoms with Crippen molar-refractivity contribution < 1.29 is 13.9 Å². The Morgan fingerprint density at radius 3 is 2.93 bits per heavy atom. The SMILES string of the molecule is CCCSC(=Nc1nc(OCC2=CC=CC(OC)C2)ncc1F)Nc1ccccc1. The maximum atomic E-state index is 14.3. The van der Waals surface area contributed by atoms with Crippen LogP contribution in [0.1, 0.15) is 19.8 Å². The minimum Gasteiger partial charge on any atom is -0.459 e. The number of anilines is 1. The van der Waals surface area contributed by atoms with Crippen molar-refractivity contribution in [3.63, 3.8) is 0 Å². The van der Waals surface area contributed by atoms with Gasteiger partial charge in [-0.15, -0.1) is 0 Å². The number of para-hydroxylation sites is 1. The number of halogens is 1. The van der Waals surface area contributed by atoms with Gasteiger partial charge in [-0.3, -0.25) is 0 Å². The molecule has 3 rings (SSSR count). The molecular formula is C22H25FN4O2S. The van der Waals surface area contributed by atoms with E-state index in [0.717, 1.165) is 36.1 Å². The lowest BCUT2D eigenvalue weighted by Gasteiger charge is -2.17. The van der Waals surface area contributed by atoms with E-state index >= 15 is 0 Å². The smallest absolute Gasteiger partial charge is 0.318 e. The number of rotatable bonds is 8. The zero-order valence-electron chi connectivity index (χ0n) is 17.0.